The molecule has 0 unspecified atom stereocenters. The molecule has 2 rings (SSSR count). The van der Waals surface area contributed by atoms with Gasteiger partial charge in [-0.05, 0) is 48.5 Å². The van der Waals surface area contributed by atoms with Crippen LogP contribution >= 0.6 is 11.6 Å². The van der Waals surface area contributed by atoms with E-state index in [2.05, 4.69) is 16.6 Å². The second-order valence-electron chi connectivity index (χ2n) is 5.02. The van der Waals surface area contributed by atoms with Gasteiger partial charge in [0.25, 0.3) is 0 Å². The molecule has 1 N–H and O–H groups in total. The van der Waals surface area contributed by atoms with Crippen molar-refractivity contribution in [3.8, 4) is 11.8 Å². The van der Waals surface area contributed by atoms with Crippen molar-refractivity contribution in [1.82, 2.24) is 4.72 Å². The second-order valence-corrected chi connectivity index (χ2v) is 7.22. The molecule has 0 bridgehead atoms. The van der Waals surface area contributed by atoms with Gasteiger partial charge in [0.2, 0.25) is 10.0 Å². The first-order valence-corrected chi connectivity index (χ1v) is 8.76. The summed E-state index contributed by atoms with van der Waals surface area (Å²) in [4.78, 5) is 2.16. The molecule has 23 heavy (non-hydrogen) atoms. The Hall–Kier alpha value is -2.00. The lowest BCUT2D eigenvalue weighted by molar-refractivity contribution is 0.586. The number of hydrogen-bond acceptors (Lipinski definition) is 3. The molecule has 0 atom stereocenters. The Kier molecular flexibility index (Phi) is 5.67. The monoisotopic (exact) mass is 348 g/mol. The smallest absolute Gasteiger partial charge is 0.241 e. The third-order valence-electron chi connectivity index (χ3n) is 3.09. The molecule has 0 radical (unpaired) electrons. The SMILES string of the molecule is CN(C)c1ccc(C#CCNS(=O)(=O)c2ccc(Cl)cc2)cc1. The summed E-state index contributed by atoms with van der Waals surface area (Å²) in [6.45, 7) is 0.0421. The zero-order valence-corrected chi connectivity index (χ0v) is 14.4. The number of sulfonamides is 1. The van der Waals surface area contributed by atoms with Gasteiger partial charge in [-0.25, -0.2) is 8.42 Å². The molecule has 0 aromatic heterocycles. The Labute approximate surface area is 142 Å². The number of nitrogens with zero attached hydrogens (tertiary/aromatic N) is 1. The number of anilines is 1. The van der Waals surface area contributed by atoms with E-state index in [0.717, 1.165) is 11.3 Å². The molecular weight excluding hydrogens is 332 g/mol. The van der Waals surface area contributed by atoms with E-state index in [1.807, 2.05) is 43.3 Å². The lowest BCUT2D eigenvalue weighted by Gasteiger charge is -2.11. The third kappa shape index (κ3) is 5.00. The van der Waals surface area contributed by atoms with Crippen molar-refractivity contribution >= 4 is 27.3 Å². The van der Waals surface area contributed by atoms with Crippen LogP contribution in [0.15, 0.2) is 53.4 Å². The average molecular weight is 349 g/mol. The van der Waals surface area contributed by atoms with E-state index < -0.39 is 10.0 Å². The van der Waals surface area contributed by atoms with Gasteiger partial charge in [-0.1, -0.05) is 23.4 Å². The molecule has 0 saturated carbocycles. The minimum Gasteiger partial charge on any atom is -0.378 e. The summed E-state index contributed by atoms with van der Waals surface area (Å²) in [5.41, 5.74) is 1.92. The fourth-order valence-electron chi connectivity index (χ4n) is 1.82. The molecule has 0 saturated heterocycles. The van der Waals surface area contributed by atoms with E-state index in [4.69, 9.17) is 11.6 Å². The van der Waals surface area contributed by atoms with Crippen LogP contribution in [-0.4, -0.2) is 29.1 Å². The van der Waals surface area contributed by atoms with Crippen LogP contribution in [0.2, 0.25) is 5.02 Å². The molecule has 0 aliphatic heterocycles. The fourth-order valence-corrected chi connectivity index (χ4v) is 2.87. The van der Waals surface area contributed by atoms with Gasteiger partial charge in [0, 0.05) is 30.4 Å². The van der Waals surface area contributed by atoms with Gasteiger partial charge >= 0.3 is 0 Å². The highest BCUT2D eigenvalue weighted by molar-refractivity contribution is 7.89. The van der Waals surface area contributed by atoms with Crippen molar-refractivity contribution in [2.24, 2.45) is 0 Å². The molecule has 6 heteroatoms. The Bertz CT molecular complexity index is 818. The maximum atomic E-state index is 12.0. The third-order valence-corrected chi connectivity index (χ3v) is 4.76. The minimum atomic E-state index is -3.57. The zero-order chi connectivity index (χ0) is 16.9. The lowest BCUT2D eigenvalue weighted by Crippen LogP contribution is -2.23. The molecule has 0 spiro atoms. The van der Waals surface area contributed by atoms with Crippen LogP contribution in [-0.2, 0) is 10.0 Å². The van der Waals surface area contributed by atoms with Crippen LogP contribution < -0.4 is 9.62 Å². The number of hydrogen-bond donors (Lipinski definition) is 1. The Morgan fingerprint density at radius 1 is 1.04 bits per heavy atom. The second kappa shape index (κ2) is 7.51. The molecule has 0 aliphatic carbocycles. The number of halogens is 1. The van der Waals surface area contributed by atoms with Crippen molar-refractivity contribution in [3.63, 3.8) is 0 Å². The highest BCUT2D eigenvalue weighted by Gasteiger charge is 2.11. The van der Waals surface area contributed by atoms with Crippen molar-refractivity contribution in [1.29, 1.82) is 0 Å². The van der Waals surface area contributed by atoms with Crippen LogP contribution in [0.4, 0.5) is 5.69 Å². The van der Waals surface area contributed by atoms with Gasteiger partial charge in [-0.15, -0.1) is 0 Å². The first-order chi connectivity index (χ1) is 10.9. The maximum absolute atomic E-state index is 12.0. The molecule has 0 aliphatic rings. The molecular formula is C17H17ClN2O2S. The van der Waals surface area contributed by atoms with Gasteiger partial charge in [0.05, 0.1) is 11.4 Å². The van der Waals surface area contributed by atoms with Crippen molar-refractivity contribution in [3.05, 3.63) is 59.1 Å². The van der Waals surface area contributed by atoms with E-state index in [1.54, 1.807) is 0 Å². The molecule has 2 aromatic carbocycles. The summed E-state index contributed by atoms with van der Waals surface area (Å²) >= 11 is 5.75. The van der Waals surface area contributed by atoms with Gasteiger partial charge < -0.3 is 4.90 Å². The fraction of sp³-hybridized carbons (Fsp3) is 0.176. The van der Waals surface area contributed by atoms with E-state index in [0.29, 0.717) is 5.02 Å². The predicted octanol–water partition coefficient (Wildman–Crippen LogP) is 2.74. The number of nitrogens with one attached hydrogen (secondary N) is 1. The summed E-state index contributed by atoms with van der Waals surface area (Å²) in [5.74, 6) is 5.74. The highest BCUT2D eigenvalue weighted by Crippen LogP contribution is 2.13. The molecule has 0 heterocycles. The predicted molar refractivity (Wildman–Crippen MR) is 94.3 cm³/mol. The summed E-state index contributed by atoms with van der Waals surface area (Å²) in [7, 11) is 0.362. The molecule has 4 nitrogen and oxygen atoms in total. The minimum absolute atomic E-state index is 0.0421. The summed E-state index contributed by atoms with van der Waals surface area (Å²) in [6, 6.07) is 13.7. The summed E-state index contributed by atoms with van der Waals surface area (Å²) < 4.78 is 26.5. The topological polar surface area (TPSA) is 49.4 Å². The van der Waals surface area contributed by atoms with E-state index in [-0.39, 0.29) is 11.4 Å². The van der Waals surface area contributed by atoms with Crippen molar-refractivity contribution < 1.29 is 8.42 Å². The number of benzene rings is 2. The van der Waals surface area contributed by atoms with Gasteiger partial charge in [-0.2, -0.15) is 4.72 Å². The average Bonchev–Trinajstić information content (AvgIpc) is 2.52. The number of rotatable bonds is 4. The first-order valence-electron chi connectivity index (χ1n) is 6.90. The van der Waals surface area contributed by atoms with Crippen LogP contribution in [0, 0.1) is 11.8 Å². The molecule has 0 fully saturated rings. The van der Waals surface area contributed by atoms with Crippen LogP contribution in [0.3, 0.4) is 0 Å². The summed E-state index contributed by atoms with van der Waals surface area (Å²) in [5, 5.41) is 0.491. The van der Waals surface area contributed by atoms with Crippen molar-refractivity contribution in [2.75, 3.05) is 25.5 Å². The van der Waals surface area contributed by atoms with E-state index in [1.165, 1.54) is 24.3 Å². The summed E-state index contributed by atoms with van der Waals surface area (Å²) in [6.07, 6.45) is 0. The Balaban J connectivity index is 1.98. The molecule has 120 valence electrons. The van der Waals surface area contributed by atoms with Gasteiger partial charge in [-0.3, -0.25) is 0 Å². The van der Waals surface area contributed by atoms with Gasteiger partial charge in [0.1, 0.15) is 0 Å². The first kappa shape index (κ1) is 17.4. The highest BCUT2D eigenvalue weighted by atomic mass is 35.5. The quantitative estimate of drug-likeness (QED) is 0.864. The maximum Gasteiger partial charge on any atom is 0.241 e. The van der Waals surface area contributed by atoms with Crippen LogP contribution in [0.1, 0.15) is 5.56 Å². The molecule has 2 aromatic rings. The van der Waals surface area contributed by atoms with E-state index in [9.17, 15) is 8.42 Å². The molecule has 0 amide bonds. The largest absolute Gasteiger partial charge is 0.378 e. The lowest BCUT2D eigenvalue weighted by atomic mass is 10.2. The Morgan fingerprint density at radius 2 is 1.65 bits per heavy atom. The van der Waals surface area contributed by atoms with Crippen LogP contribution in [0.5, 0.6) is 0 Å². The van der Waals surface area contributed by atoms with Crippen LogP contribution in [0.25, 0.3) is 0 Å². The normalized spacial score (nSPS) is 10.7. The van der Waals surface area contributed by atoms with Gasteiger partial charge in [0.15, 0.2) is 0 Å². The van der Waals surface area contributed by atoms with Crippen molar-refractivity contribution in [2.45, 2.75) is 4.90 Å². The van der Waals surface area contributed by atoms with E-state index >= 15 is 0 Å². The zero-order valence-electron chi connectivity index (χ0n) is 12.9. The standard InChI is InChI=1S/C17H17ClN2O2S/c1-20(2)16-9-5-14(6-10-16)4-3-13-19-23(21,22)17-11-7-15(18)8-12-17/h5-12,19H,13H2,1-2H3. The Morgan fingerprint density at radius 3 is 2.22 bits per heavy atom.